The van der Waals surface area contributed by atoms with Crippen LogP contribution in [0.15, 0.2) is 0 Å². The Labute approximate surface area is 216 Å². The molecule has 0 fully saturated rings. The Morgan fingerprint density at radius 3 is 1.94 bits per heavy atom. The lowest BCUT2D eigenvalue weighted by atomic mass is 9.95. The first kappa shape index (κ1) is 32.9. The van der Waals surface area contributed by atoms with E-state index >= 15 is 0 Å². The lowest BCUT2D eigenvalue weighted by molar-refractivity contribution is -0.121. The Bertz CT molecular complexity index is 392. The molecule has 0 aromatic carbocycles. The van der Waals surface area contributed by atoms with E-state index in [1.807, 2.05) is 0 Å². The number of ether oxygens (including phenoxy) is 1. The average molecular weight is 533 g/mol. The molecule has 0 heterocycles. The van der Waals surface area contributed by atoms with Crippen molar-refractivity contribution >= 4 is 21.8 Å². The highest BCUT2D eigenvalue weighted by Gasteiger charge is 2.09. The molecule has 0 aliphatic heterocycles. The quantitative estimate of drug-likeness (QED) is 0.0845. The van der Waals surface area contributed by atoms with Gasteiger partial charge < -0.3 is 10.1 Å². The lowest BCUT2D eigenvalue weighted by Crippen LogP contribution is -2.23. The third-order valence-electron chi connectivity index (χ3n) is 6.61. The molecule has 1 N–H and O–H groups in total. The summed E-state index contributed by atoms with van der Waals surface area (Å²) in [5.74, 6) is 1.01. The molecule has 33 heavy (non-hydrogen) atoms. The molecule has 0 bridgehead atoms. The van der Waals surface area contributed by atoms with E-state index in [0.29, 0.717) is 6.42 Å². The largest absolute Gasteiger partial charge is 0.381 e. The van der Waals surface area contributed by atoms with Crippen molar-refractivity contribution in [2.75, 3.05) is 25.1 Å². The standard InChI is InChI=1S/C29H58BrNO2/c1-3-5-7-16-22-28(21-15-6-4-2)27-33-26-20-14-13-19-25-31-29(32)23-17-11-9-8-10-12-18-24-30/h28H,3-27H2,1-2H3,(H,31,32). The number of carbonyl (C=O) groups is 1. The zero-order valence-corrected chi connectivity index (χ0v) is 24.0. The van der Waals surface area contributed by atoms with Crippen LogP contribution >= 0.6 is 15.9 Å². The van der Waals surface area contributed by atoms with Gasteiger partial charge in [-0.1, -0.05) is 120 Å². The van der Waals surface area contributed by atoms with Crippen LogP contribution in [0.2, 0.25) is 0 Å². The van der Waals surface area contributed by atoms with Gasteiger partial charge in [-0.05, 0) is 44.4 Å². The third-order valence-corrected chi connectivity index (χ3v) is 7.17. The average Bonchev–Trinajstić information content (AvgIpc) is 2.82. The van der Waals surface area contributed by atoms with E-state index in [1.165, 1.54) is 109 Å². The van der Waals surface area contributed by atoms with Gasteiger partial charge in [-0.15, -0.1) is 0 Å². The van der Waals surface area contributed by atoms with Gasteiger partial charge in [-0.2, -0.15) is 0 Å². The Kier molecular flexibility index (Phi) is 28.1. The topological polar surface area (TPSA) is 38.3 Å². The number of carbonyl (C=O) groups excluding carboxylic acids is 1. The van der Waals surface area contributed by atoms with E-state index in [2.05, 4.69) is 35.1 Å². The fourth-order valence-corrected chi connectivity index (χ4v) is 4.76. The predicted molar refractivity (Wildman–Crippen MR) is 149 cm³/mol. The van der Waals surface area contributed by atoms with E-state index in [0.717, 1.165) is 50.3 Å². The van der Waals surface area contributed by atoms with Crippen molar-refractivity contribution in [2.24, 2.45) is 5.92 Å². The van der Waals surface area contributed by atoms with Gasteiger partial charge in [-0.3, -0.25) is 4.79 Å². The summed E-state index contributed by atoms with van der Waals surface area (Å²) in [5, 5.41) is 4.22. The second-order valence-electron chi connectivity index (χ2n) is 9.96. The smallest absolute Gasteiger partial charge is 0.219 e. The summed E-state index contributed by atoms with van der Waals surface area (Å²) in [4.78, 5) is 11.9. The molecule has 198 valence electrons. The van der Waals surface area contributed by atoms with E-state index in [-0.39, 0.29) is 5.91 Å². The number of hydrogen-bond donors (Lipinski definition) is 1. The van der Waals surface area contributed by atoms with Gasteiger partial charge in [0.05, 0.1) is 0 Å². The molecular formula is C29H58BrNO2. The summed E-state index contributed by atoms with van der Waals surface area (Å²) in [6.45, 7) is 7.27. The Morgan fingerprint density at radius 1 is 0.697 bits per heavy atom. The van der Waals surface area contributed by atoms with Gasteiger partial charge in [0.15, 0.2) is 0 Å². The highest BCUT2D eigenvalue weighted by molar-refractivity contribution is 9.09. The van der Waals surface area contributed by atoms with Crippen LogP contribution in [-0.4, -0.2) is 31.0 Å². The minimum Gasteiger partial charge on any atom is -0.381 e. The molecular weight excluding hydrogens is 474 g/mol. The molecule has 0 aliphatic carbocycles. The number of nitrogens with one attached hydrogen (secondary N) is 1. The molecule has 1 unspecified atom stereocenters. The number of unbranched alkanes of at least 4 members (excludes halogenated alkanes) is 14. The number of alkyl halides is 1. The monoisotopic (exact) mass is 531 g/mol. The van der Waals surface area contributed by atoms with Crippen LogP contribution in [0.25, 0.3) is 0 Å². The van der Waals surface area contributed by atoms with Crippen LogP contribution in [-0.2, 0) is 9.53 Å². The number of amides is 1. The Morgan fingerprint density at radius 2 is 1.24 bits per heavy atom. The number of rotatable bonds is 27. The van der Waals surface area contributed by atoms with Gasteiger partial charge in [-0.25, -0.2) is 0 Å². The highest BCUT2D eigenvalue weighted by Crippen LogP contribution is 2.18. The van der Waals surface area contributed by atoms with Crippen molar-refractivity contribution in [2.45, 2.75) is 149 Å². The first-order valence-electron chi connectivity index (χ1n) is 14.6. The molecule has 4 heteroatoms. The SMILES string of the molecule is CCCCCCC(CCCCC)COCCCCCCNC(=O)CCCCCCCCCBr. The second-order valence-corrected chi connectivity index (χ2v) is 10.8. The Balaban J connectivity index is 3.50. The van der Waals surface area contributed by atoms with E-state index in [9.17, 15) is 4.79 Å². The zero-order chi connectivity index (χ0) is 24.2. The van der Waals surface area contributed by atoms with Crippen molar-refractivity contribution in [1.29, 1.82) is 0 Å². The minimum atomic E-state index is 0.241. The van der Waals surface area contributed by atoms with Gasteiger partial charge in [0.2, 0.25) is 5.91 Å². The van der Waals surface area contributed by atoms with E-state index in [4.69, 9.17) is 4.74 Å². The third kappa shape index (κ3) is 26.4. The van der Waals surface area contributed by atoms with Crippen molar-refractivity contribution < 1.29 is 9.53 Å². The second kappa shape index (κ2) is 28.1. The van der Waals surface area contributed by atoms with Gasteiger partial charge in [0.25, 0.3) is 0 Å². The maximum atomic E-state index is 11.9. The van der Waals surface area contributed by atoms with Crippen LogP contribution < -0.4 is 5.32 Å². The minimum absolute atomic E-state index is 0.241. The molecule has 0 rings (SSSR count). The van der Waals surface area contributed by atoms with E-state index < -0.39 is 0 Å². The van der Waals surface area contributed by atoms with Crippen LogP contribution in [0.1, 0.15) is 149 Å². The van der Waals surface area contributed by atoms with Crippen LogP contribution in [0, 0.1) is 5.92 Å². The molecule has 0 aromatic rings. The molecule has 0 aromatic heterocycles. The molecule has 0 aliphatic rings. The molecule has 0 radical (unpaired) electrons. The van der Waals surface area contributed by atoms with Crippen molar-refractivity contribution in [3.8, 4) is 0 Å². The maximum Gasteiger partial charge on any atom is 0.219 e. The Hall–Kier alpha value is -0.0900. The molecule has 0 saturated carbocycles. The first-order chi connectivity index (χ1) is 16.2. The maximum absolute atomic E-state index is 11.9. The molecule has 1 amide bonds. The summed E-state index contributed by atoms with van der Waals surface area (Å²) >= 11 is 3.48. The summed E-state index contributed by atoms with van der Waals surface area (Å²) < 4.78 is 6.05. The molecule has 0 saturated heterocycles. The first-order valence-corrected chi connectivity index (χ1v) is 15.8. The van der Waals surface area contributed by atoms with Crippen molar-refractivity contribution in [3.05, 3.63) is 0 Å². The van der Waals surface area contributed by atoms with Gasteiger partial charge >= 0.3 is 0 Å². The normalized spacial score (nSPS) is 12.2. The molecule has 1 atom stereocenters. The zero-order valence-electron chi connectivity index (χ0n) is 22.4. The van der Waals surface area contributed by atoms with Crippen LogP contribution in [0.5, 0.6) is 0 Å². The van der Waals surface area contributed by atoms with Crippen LogP contribution in [0.4, 0.5) is 0 Å². The highest BCUT2D eigenvalue weighted by atomic mass is 79.9. The predicted octanol–water partition coefficient (Wildman–Crippen LogP) is 9.36. The van der Waals surface area contributed by atoms with Gasteiger partial charge in [0.1, 0.15) is 0 Å². The fraction of sp³-hybridized carbons (Fsp3) is 0.966. The fourth-order valence-electron chi connectivity index (χ4n) is 4.37. The summed E-state index contributed by atoms with van der Waals surface area (Å²) in [6.07, 6.45) is 26.3. The molecule has 0 spiro atoms. The summed E-state index contributed by atoms with van der Waals surface area (Å²) in [5.41, 5.74) is 0. The van der Waals surface area contributed by atoms with Crippen molar-refractivity contribution in [3.63, 3.8) is 0 Å². The van der Waals surface area contributed by atoms with E-state index in [1.54, 1.807) is 0 Å². The molecule has 3 nitrogen and oxygen atoms in total. The summed E-state index contributed by atoms with van der Waals surface area (Å²) in [6, 6.07) is 0. The van der Waals surface area contributed by atoms with Gasteiger partial charge in [0, 0.05) is 31.5 Å². The van der Waals surface area contributed by atoms with Crippen LogP contribution in [0.3, 0.4) is 0 Å². The summed E-state index contributed by atoms with van der Waals surface area (Å²) in [7, 11) is 0. The number of halogens is 1. The number of hydrogen-bond acceptors (Lipinski definition) is 2. The van der Waals surface area contributed by atoms with Crippen molar-refractivity contribution in [1.82, 2.24) is 5.32 Å². The lowest BCUT2D eigenvalue weighted by Gasteiger charge is -2.17.